The summed E-state index contributed by atoms with van der Waals surface area (Å²) in [5, 5.41) is 1.87. The third kappa shape index (κ3) is 3.31. The molecule has 1 fully saturated rings. The van der Waals surface area contributed by atoms with Crippen molar-refractivity contribution in [3.05, 3.63) is 34.7 Å². The van der Waals surface area contributed by atoms with Crippen LogP contribution in [0.5, 0.6) is 11.5 Å². The van der Waals surface area contributed by atoms with Crippen LogP contribution in [0.3, 0.4) is 0 Å². The zero-order chi connectivity index (χ0) is 17.1. The standard InChI is InChI=1S/C17H21N3O3S/c1-19(2)16-14(5-4-8-18-16)23-12-6-9-20(11-12)17(21)15-13(22-3)7-10-24-15/h4-5,7-8,10,12H,6,9,11H2,1-3H3/t12-/m1/s1. The van der Waals surface area contributed by atoms with Crippen molar-refractivity contribution in [2.24, 2.45) is 0 Å². The second-order valence-corrected chi connectivity index (χ2v) is 6.73. The van der Waals surface area contributed by atoms with E-state index < -0.39 is 0 Å². The Balaban J connectivity index is 1.67. The molecular weight excluding hydrogens is 326 g/mol. The Morgan fingerprint density at radius 1 is 1.38 bits per heavy atom. The lowest BCUT2D eigenvalue weighted by atomic mass is 10.3. The molecule has 0 radical (unpaired) electrons. The Hall–Kier alpha value is -2.28. The van der Waals surface area contributed by atoms with Gasteiger partial charge < -0.3 is 19.3 Å². The number of carbonyl (C=O) groups is 1. The molecule has 2 aromatic rings. The number of likely N-dealkylation sites (tertiary alicyclic amines) is 1. The average Bonchev–Trinajstić information content (AvgIpc) is 3.23. The highest BCUT2D eigenvalue weighted by atomic mass is 32.1. The molecule has 0 saturated carbocycles. The van der Waals surface area contributed by atoms with Crippen molar-refractivity contribution in [3.63, 3.8) is 0 Å². The quantitative estimate of drug-likeness (QED) is 0.832. The second-order valence-electron chi connectivity index (χ2n) is 5.82. The van der Waals surface area contributed by atoms with Gasteiger partial charge in [0, 0.05) is 33.3 Å². The van der Waals surface area contributed by atoms with Crippen molar-refractivity contribution < 1.29 is 14.3 Å². The average molecular weight is 347 g/mol. The summed E-state index contributed by atoms with van der Waals surface area (Å²) in [7, 11) is 5.45. The van der Waals surface area contributed by atoms with E-state index in [0.717, 1.165) is 18.0 Å². The minimum Gasteiger partial charge on any atom is -0.495 e. The molecule has 1 amide bonds. The van der Waals surface area contributed by atoms with Crippen LogP contribution >= 0.6 is 11.3 Å². The molecule has 24 heavy (non-hydrogen) atoms. The van der Waals surface area contributed by atoms with Crippen LogP contribution in [0.4, 0.5) is 5.82 Å². The summed E-state index contributed by atoms with van der Waals surface area (Å²) >= 11 is 1.41. The van der Waals surface area contributed by atoms with Crippen molar-refractivity contribution in [1.82, 2.24) is 9.88 Å². The van der Waals surface area contributed by atoms with Crippen LogP contribution in [0.25, 0.3) is 0 Å². The molecule has 3 rings (SSSR count). The van der Waals surface area contributed by atoms with E-state index in [-0.39, 0.29) is 12.0 Å². The molecule has 7 heteroatoms. The van der Waals surface area contributed by atoms with Crippen LogP contribution in [-0.2, 0) is 0 Å². The van der Waals surface area contributed by atoms with Crippen molar-refractivity contribution in [2.45, 2.75) is 12.5 Å². The van der Waals surface area contributed by atoms with Gasteiger partial charge in [-0.25, -0.2) is 4.98 Å². The Morgan fingerprint density at radius 2 is 2.21 bits per heavy atom. The minimum absolute atomic E-state index is 0.00645. The number of methoxy groups -OCH3 is 1. The SMILES string of the molecule is COc1ccsc1C(=O)N1CC[C@@H](Oc2cccnc2N(C)C)C1. The van der Waals surface area contributed by atoms with Gasteiger partial charge in [-0.2, -0.15) is 0 Å². The van der Waals surface area contributed by atoms with E-state index >= 15 is 0 Å². The van der Waals surface area contributed by atoms with Gasteiger partial charge in [0.25, 0.3) is 5.91 Å². The van der Waals surface area contributed by atoms with Gasteiger partial charge in [-0.1, -0.05) is 0 Å². The van der Waals surface area contributed by atoms with E-state index in [1.165, 1.54) is 11.3 Å². The van der Waals surface area contributed by atoms with Gasteiger partial charge in [-0.3, -0.25) is 4.79 Å². The number of carbonyl (C=O) groups excluding carboxylic acids is 1. The number of hydrogen-bond donors (Lipinski definition) is 0. The Bertz CT molecular complexity index is 717. The fourth-order valence-corrected chi connectivity index (χ4v) is 3.58. The summed E-state index contributed by atoms with van der Waals surface area (Å²) in [4.78, 5) is 21.4. The highest BCUT2D eigenvalue weighted by molar-refractivity contribution is 7.12. The molecule has 0 aliphatic carbocycles. The topological polar surface area (TPSA) is 54.9 Å². The molecule has 1 saturated heterocycles. The normalized spacial score (nSPS) is 17.0. The van der Waals surface area contributed by atoms with Crippen LogP contribution in [0.1, 0.15) is 16.1 Å². The molecule has 3 heterocycles. The van der Waals surface area contributed by atoms with Crippen molar-refractivity contribution in [2.75, 3.05) is 39.2 Å². The largest absolute Gasteiger partial charge is 0.495 e. The number of thiophene rings is 1. The van der Waals surface area contributed by atoms with E-state index in [2.05, 4.69) is 4.98 Å². The van der Waals surface area contributed by atoms with E-state index in [9.17, 15) is 4.79 Å². The Kier molecular flexibility index (Phi) is 4.89. The first kappa shape index (κ1) is 16.6. The first-order valence-corrected chi connectivity index (χ1v) is 8.68. The molecule has 0 aromatic carbocycles. The highest BCUT2D eigenvalue weighted by Gasteiger charge is 2.30. The molecule has 1 atom stereocenters. The summed E-state index contributed by atoms with van der Waals surface area (Å²) in [5.74, 6) is 2.18. The summed E-state index contributed by atoms with van der Waals surface area (Å²) < 4.78 is 11.3. The molecule has 0 spiro atoms. The maximum Gasteiger partial charge on any atom is 0.267 e. The van der Waals surface area contributed by atoms with Gasteiger partial charge in [0.05, 0.1) is 13.7 Å². The summed E-state index contributed by atoms with van der Waals surface area (Å²) in [6.07, 6.45) is 2.53. The number of aromatic nitrogens is 1. The number of anilines is 1. The summed E-state index contributed by atoms with van der Waals surface area (Å²) in [5.41, 5.74) is 0. The van der Waals surface area contributed by atoms with Crippen molar-refractivity contribution >= 4 is 23.1 Å². The van der Waals surface area contributed by atoms with Crippen LogP contribution in [-0.4, -0.2) is 56.2 Å². The van der Waals surface area contributed by atoms with Crippen LogP contribution in [0, 0.1) is 0 Å². The zero-order valence-electron chi connectivity index (χ0n) is 14.1. The zero-order valence-corrected chi connectivity index (χ0v) is 14.9. The van der Waals surface area contributed by atoms with Crippen molar-refractivity contribution in [3.8, 4) is 11.5 Å². The number of pyridine rings is 1. The number of amides is 1. The van der Waals surface area contributed by atoms with Gasteiger partial charge in [-0.15, -0.1) is 11.3 Å². The smallest absolute Gasteiger partial charge is 0.267 e. The van der Waals surface area contributed by atoms with E-state index in [0.29, 0.717) is 23.7 Å². The van der Waals surface area contributed by atoms with E-state index in [4.69, 9.17) is 9.47 Å². The molecule has 0 unspecified atom stereocenters. The highest BCUT2D eigenvalue weighted by Crippen LogP contribution is 2.30. The molecule has 6 nitrogen and oxygen atoms in total. The van der Waals surface area contributed by atoms with Gasteiger partial charge >= 0.3 is 0 Å². The van der Waals surface area contributed by atoms with Gasteiger partial charge in [0.1, 0.15) is 16.7 Å². The number of hydrogen-bond acceptors (Lipinski definition) is 6. The first-order valence-electron chi connectivity index (χ1n) is 7.80. The third-order valence-electron chi connectivity index (χ3n) is 3.94. The third-order valence-corrected chi connectivity index (χ3v) is 4.83. The fourth-order valence-electron chi connectivity index (χ4n) is 2.76. The predicted octanol–water partition coefficient (Wildman–Crippen LogP) is 2.51. The minimum atomic E-state index is -0.0252. The van der Waals surface area contributed by atoms with E-state index in [1.54, 1.807) is 13.3 Å². The molecule has 2 aromatic heterocycles. The molecule has 1 aliphatic heterocycles. The van der Waals surface area contributed by atoms with Crippen LogP contribution in [0.2, 0.25) is 0 Å². The second kappa shape index (κ2) is 7.09. The monoisotopic (exact) mass is 347 g/mol. The molecular formula is C17H21N3O3S. The lowest BCUT2D eigenvalue weighted by molar-refractivity contribution is 0.0774. The summed E-state index contributed by atoms with van der Waals surface area (Å²) in [6.45, 7) is 1.25. The molecule has 0 N–H and O–H groups in total. The predicted molar refractivity (Wildman–Crippen MR) is 94.4 cm³/mol. The Morgan fingerprint density at radius 3 is 2.96 bits per heavy atom. The number of rotatable bonds is 5. The first-order chi connectivity index (χ1) is 11.6. The maximum absolute atomic E-state index is 12.6. The maximum atomic E-state index is 12.6. The van der Waals surface area contributed by atoms with Crippen LogP contribution in [0.15, 0.2) is 29.8 Å². The lowest BCUT2D eigenvalue weighted by Gasteiger charge is -2.20. The van der Waals surface area contributed by atoms with Crippen LogP contribution < -0.4 is 14.4 Å². The molecule has 128 valence electrons. The van der Waals surface area contributed by atoms with Gasteiger partial charge in [0.15, 0.2) is 11.6 Å². The fraction of sp³-hybridized carbons (Fsp3) is 0.412. The lowest BCUT2D eigenvalue weighted by Crippen LogP contribution is -2.30. The van der Waals surface area contributed by atoms with Gasteiger partial charge in [-0.05, 0) is 23.6 Å². The number of ether oxygens (including phenoxy) is 2. The molecule has 0 bridgehead atoms. The number of nitrogens with zero attached hydrogens (tertiary/aromatic N) is 3. The van der Waals surface area contributed by atoms with Gasteiger partial charge in [0.2, 0.25) is 0 Å². The Labute approximate surface area is 145 Å². The van der Waals surface area contributed by atoms with Crippen molar-refractivity contribution in [1.29, 1.82) is 0 Å². The summed E-state index contributed by atoms with van der Waals surface area (Å²) in [6, 6.07) is 5.59. The molecule has 1 aliphatic rings. The van der Waals surface area contributed by atoms with E-state index in [1.807, 2.05) is 47.5 Å².